The smallest absolute Gasteiger partial charge is 0.164 e. The van der Waals surface area contributed by atoms with E-state index in [1.54, 1.807) is 0 Å². The summed E-state index contributed by atoms with van der Waals surface area (Å²) < 4.78 is 61.9. The van der Waals surface area contributed by atoms with E-state index in [1.165, 1.54) is 0 Å². The molecule has 9 rings (SSSR count). The van der Waals surface area contributed by atoms with Gasteiger partial charge in [-0.2, -0.15) is 0 Å². The highest BCUT2D eigenvalue weighted by atomic mass is 32.1. The maximum Gasteiger partial charge on any atom is 0.164 e. The van der Waals surface area contributed by atoms with Crippen LogP contribution in [0.4, 0.5) is 0 Å². The molecule has 0 bridgehead atoms. The third-order valence-corrected chi connectivity index (χ3v) is 9.56. The lowest BCUT2D eigenvalue weighted by atomic mass is 9.95. The molecule has 0 saturated heterocycles. The van der Waals surface area contributed by atoms with Gasteiger partial charge in [0.05, 0.1) is 9.60 Å². The molecule has 0 fully saturated rings. The molecule has 0 saturated carbocycles. The zero-order valence-corrected chi connectivity index (χ0v) is 26.8. The highest BCUT2D eigenvalue weighted by molar-refractivity contribution is 7.26. The highest BCUT2D eigenvalue weighted by Gasteiger charge is 2.17. The van der Waals surface area contributed by atoms with Crippen LogP contribution in [0, 0.1) is 0 Å². The van der Waals surface area contributed by atoms with Crippen LogP contribution in [0.5, 0.6) is 0 Å². The molecule has 2 heterocycles. The molecule has 0 unspecified atom stereocenters. The second kappa shape index (κ2) is 12.4. The highest BCUT2D eigenvalue weighted by Crippen LogP contribution is 2.42. The Bertz CT molecular complexity index is 2970. The van der Waals surface area contributed by atoms with E-state index in [0.717, 1.165) is 44.7 Å². The Labute approximate surface area is 298 Å². The fourth-order valence-corrected chi connectivity index (χ4v) is 7.11. The van der Waals surface area contributed by atoms with E-state index in [0.29, 0.717) is 38.9 Å². The fraction of sp³-hybridized carbons (Fsp3) is 0. The van der Waals surface area contributed by atoms with Gasteiger partial charge < -0.3 is 0 Å². The van der Waals surface area contributed by atoms with E-state index < -0.39 is 6.04 Å². The molecular weight excluding hydrogens is 615 g/mol. The van der Waals surface area contributed by atoms with Gasteiger partial charge >= 0.3 is 0 Å². The molecular formula is C45H29N3S. The predicted octanol–water partition coefficient (Wildman–Crippen LogP) is 12.2. The van der Waals surface area contributed by atoms with Gasteiger partial charge in [-0.15, -0.1) is 11.3 Å². The van der Waals surface area contributed by atoms with Gasteiger partial charge in [-0.1, -0.05) is 152 Å². The lowest BCUT2D eigenvalue weighted by Crippen LogP contribution is -2.00. The summed E-state index contributed by atoms with van der Waals surface area (Å²) in [7, 11) is 0. The van der Waals surface area contributed by atoms with Gasteiger partial charge in [0.25, 0.3) is 0 Å². The second-order valence-electron chi connectivity index (χ2n) is 11.5. The van der Waals surface area contributed by atoms with E-state index in [2.05, 4.69) is 12.1 Å². The Kier molecular flexibility index (Phi) is 5.67. The molecule has 230 valence electrons. The number of hydrogen-bond donors (Lipinski definition) is 0. The summed E-state index contributed by atoms with van der Waals surface area (Å²) in [5, 5.41) is 0.413. The van der Waals surface area contributed by atoms with Crippen LogP contribution in [-0.4, -0.2) is 15.0 Å². The van der Waals surface area contributed by atoms with Crippen LogP contribution in [0.2, 0.25) is 0 Å². The van der Waals surface area contributed by atoms with Crippen LogP contribution in [0.1, 0.15) is 9.60 Å². The molecule has 0 radical (unpaired) electrons. The minimum atomic E-state index is -0.410. The fourth-order valence-electron chi connectivity index (χ4n) is 6.02. The maximum atomic E-state index is 9.23. The second-order valence-corrected chi connectivity index (χ2v) is 12.6. The Balaban J connectivity index is 1.31. The van der Waals surface area contributed by atoms with E-state index in [4.69, 9.17) is 23.2 Å². The molecule has 2 aromatic heterocycles. The van der Waals surface area contributed by atoms with Crippen molar-refractivity contribution < 1.29 is 9.60 Å². The zero-order valence-electron chi connectivity index (χ0n) is 33.0. The number of hydrogen-bond acceptors (Lipinski definition) is 4. The molecule has 4 heteroatoms. The summed E-state index contributed by atoms with van der Waals surface area (Å²) in [6.07, 6.45) is 0. The molecule has 0 aliphatic rings. The monoisotopic (exact) mass is 650 g/mol. The molecule has 0 aliphatic heterocycles. The Morgan fingerprint density at radius 3 is 1.53 bits per heavy atom. The molecule has 0 aliphatic carbocycles. The first-order chi connectivity index (χ1) is 27.2. The van der Waals surface area contributed by atoms with Crippen LogP contribution in [0.15, 0.2) is 176 Å². The van der Waals surface area contributed by atoms with Crippen LogP contribution in [0.3, 0.4) is 0 Å². The number of benzene rings is 7. The molecule has 0 N–H and O–H groups in total. The van der Waals surface area contributed by atoms with Crippen molar-refractivity contribution >= 4 is 31.5 Å². The minimum absolute atomic E-state index is 0.180. The number of aromatic nitrogens is 3. The largest absolute Gasteiger partial charge is 0.208 e. The standard InChI is InChI=1S/C45H29N3S/c1-4-13-30(14-5-1)32-23-25-34(26-24-32)44-46-43(33-17-8-3-9-18-33)47-45(48-44)37-28-35(31-15-6-2-7-16-31)27-36(29-37)38-20-12-21-40-39-19-10-11-22-41(39)49-42(38)40/h1-29H/i10D,11D,12D,19D,20D,21D,22D. The molecule has 0 spiro atoms. The van der Waals surface area contributed by atoms with Crippen LogP contribution in [-0.2, 0) is 0 Å². The number of fused-ring (bicyclic) bond motifs is 3. The summed E-state index contributed by atoms with van der Waals surface area (Å²) in [6, 6.07) is 41.4. The van der Waals surface area contributed by atoms with Crippen molar-refractivity contribution in [2.24, 2.45) is 0 Å². The van der Waals surface area contributed by atoms with Crippen molar-refractivity contribution in [1.82, 2.24) is 15.0 Å². The van der Waals surface area contributed by atoms with Gasteiger partial charge in [0, 0.05) is 36.9 Å². The Morgan fingerprint density at radius 2 is 0.857 bits per heavy atom. The Hall–Kier alpha value is -6.23. The van der Waals surface area contributed by atoms with Gasteiger partial charge in [-0.05, 0) is 57.6 Å². The number of rotatable bonds is 6. The SMILES string of the molecule is [2H]c1c([2H])c([2H])c2c(sc3c(-c4cc(-c5ccccc5)cc(-c5nc(-c6ccccc6)nc(-c6ccc(-c7ccccc7)cc6)n5)c4)c([2H])c([2H])c([2H])c32)c1[2H]. The van der Waals surface area contributed by atoms with Crippen LogP contribution in [0.25, 0.3) is 87.7 Å². The molecule has 0 atom stereocenters. The summed E-state index contributed by atoms with van der Waals surface area (Å²) in [4.78, 5) is 15.0. The third-order valence-electron chi connectivity index (χ3n) is 8.44. The number of nitrogens with zero attached hydrogens (tertiary/aromatic N) is 3. The maximum absolute atomic E-state index is 9.23. The molecule has 49 heavy (non-hydrogen) atoms. The van der Waals surface area contributed by atoms with E-state index in [-0.39, 0.29) is 51.7 Å². The summed E-state index contributed by atoms with van der Waals surface area (Å²) in [5.41, 5.74) is 7.00. The average Bonchev–Trinajstić information content (AvgIpc) is 3.65. The minimum Gasteiger partial charge on any atom is -0.208 e. The van der Waals surface area contributed by atoms with Crippen molar-refractivity contribution in [2.75, 3.05) is 0 Å². The van der Waals surface area contributed by atoms with Crippen molar-refractivity contribution in [3.05, 3.63) is 176 Å². The lowest BCUT2D eigenvalue weighted by molar-refractivity contribution is 1.07. The van der Waals surface area contributed by atoms with Gasteiger partial charge in [0.2, 0.25) is 0 Å². The van der Waals surface area contributed by atoms with Gasteiger partial charge in [-0.3, -0.25) is 0 Å². The average molecular weight is 651 g/mol. The van der Waals surface area contributed by atoms with Crippen molar-refractivity contribution in [3.63, 3.8) is 0 Å². The van der Waals surface area contributed by atoms with Crippen molar-refractivity contribution in [3.8, 4) is 67.5 Å². The van der Waals surface area contributed by atoms with Gasteiger partial charge in [0.1, 0.15) is 0 Å². The van der Waals surface area contributed by atoms with Gasteiger partial charge in [0.15, 0.2) is 17.5 Å². The summed E-state index contributed by atoms with van der Waals surface area (Å²) in [6.45, 7) is 0. The lowest BCUT2D eigenvalue weighted by Gasteiger charge is -2.13. The van der Waals surface area contributed by atoms with Crippen molar-refractivity contribution in [1.29, 1.82) is 0 Å². The number of thiophene rings is 1. The first-order valence-electron chi connectivity index (χ1n) is 19.3. The molecule has 9 aromatic rings. The zero-order chi connectivity index (χ0) is 38.7. The topological polar surface area (TPSA) is 38.7 Å². The van der Waals surface area contributed by atoms with Crippen molar-refractivity contribution in [2.45, 2.75) is 0 Å². The summed E-state index contributed by atoms with van der Waals surface area (Å²) in [5.74, 6) is 1.35. The van der Waals surface area contributed by atoms with E-state index in [1.807, 2.05) is 121 Å². The molecule has 0 amide bonds. The normalized spacial score (nSPS) is 13.3. The van der Waals surface area contributed by atoms with Gasteiger partial charge in [-0.25, -0.2) is 15.0 Å². The van der Waals surface area contributed by atoms with E-state index in [9.17, 15) is 1.37 Å². The first kappa shape index (κ1) is 22.4. The van der Waals surface area contributed by atoms with Crippen LogP contribution >= 0.6 is 11.3 Å². The Morgan fingerprint density at radius 1 is 0.388 bits per heavy atom. The summed E-state index contributed by atoms with van der Waals surface area (Å²) >= 11 is 1.11. The third kappa shape index (κ3) is 5.58. The first-order valence-corrected chi connectivity index (χ1v) is 16.6. The molecule has 3 nitrogen and oxygen atoms in total. The quantitative estimate of drug-likeness (QED) is 0.180. The molecule has 7 aromatic carbocycles. The predicted molar refractivity (Wildman–Crippen MR) is 205 cm³/mol. The van der Waals surface area contributed by atoms with E-state index >= 15 is 0 Å². The van der Waals surface area contributed by atoms with Crippen LogP contribution < -0.4 is 0 Å².